The molecule has 1 aliphatic heterocycles. The molecule has 2 nitrogen and oxygen atoms in total. The van der Waals surface area contributed by atoms with Gasteiger partial charge >= 0.3 is 5.97 Å². The van der Waals surface area contributed by atoms with Crippen molar-refractivity contribution in [3.05, 3.63) is 0 Å². The Balaban J connectivity index is 2.25. The monoisotopic (exact) mass is 218 g/mol. The first-order valence-corrected chi connectivity index (χ1v) is 4.82. The van der Waals surface area contributed by atoms with E-state index in [2.05, 4.69) is 22.9 Å². The number of rotatable bonds is 0. The predicted molar refractivity (Wildman–Crippen MR) is 44.5 cm³/mol. The lowest BCUT2D eigenvalue weighted by Gasteiger charge is -2.40. The van der Waals surface area contributed by atoms with Gasteiger partial charge in [0.1, 0.15) is 11.5 Å². The van der Waals surface area contributed by atoms with E-state index >= 15 is 0 Å². The molecule has 0 unspecified atom stereocenters. The summed E-state index contributed by atoms with van der Waals surface area (Å²) in [5, 5.41) is 0. The molecule has 3 heteroatoms. The fourth-order valence-corrected chi connectivity index (χ4v) is 3.01. The largest absolute Gasteiger partial charge is 0.459 e. The molecule has 0 bridgehead atoms. The zero-order valence-electron chi connectivity index (χ0n) is 6.63. The van der Waals surface area contributed by atoms with Crippen LogP contribution in [0.5, 0.6) is 0 Å². The van der Waals surface area contributed by atoms with Gasteiger partial charge in [0.15, 0.2) is 0 Å². The van der Waals surface area contributed by atoms with Gasteiger partial charge in [0.2, 0.25) is 0 Å². The molecule has 1 heterocycles. The lowest BCUT2D eigenvalue weighted by atomic mass is 9.81. The van der Waals surface area contributed by atoms with Crippen molar-refractivity contribution in [2.45, 2.75) is 31.2 Å². The Kier molecular flexibility index (Phi) is 1.38. The van der Waals surface area contributed by atoms with Gasteiger partial charge in [-0.05, 0) is 19.3 Å². The number of carbonyl (C=O) groups excluding carboxylic acids is 1. The standard InChI is InChI=1S/C8H11BrO2/c1-4-3-8(2)6(5(4)9)11-7(8)10/h4-6H,3H2,1-2H3/t4-,5-,6+,8-/m1/s1. The molecule has 2 aliphatic rings. The van der Waals surface area contributed by atoms with Gasteiger partial charge in [-0.2, -0.15) is 0 Å². The van der Waals surface area contributed by atoms with E-state index in [9.17, 15) is 4.79 Å². The molecular formula is C8H11BrO2. The highest BCUT2D eigenvalue weighted by atomic mass is 79.9. The fraction of sp³-hybridized carbons (Fsp3) is 0.875. The van der Waals surface area contributed by atoms with E-state index in [0.717, 1.165) is 6.42 Å². The molecule has 11 heavy (non-hydrogen) atoms. The molecule has 2 fully saturated rings. The number of ether oxygens (including phenoxy) is 1. The molecule has 1 saturated carbocycles. The van der Waals surface area contributed by atoms with Crippen LogP contribution in [0.4, 0.5) is 0 Å². The molecule has 0 spiro atoms. The van der Waals surface area contributed by atoms with E-state index in [1.807, 2.05) is 6.92 Å². The van der Waals surface area contributed by atoms with Crippen LogP contribution in [-0.4, -0.2) is 16.9 Å². The van der Waals surface area contributed by atoms with Crippen molar-refractivity contribution >= 4 is 21.9 Å². The van der Waals surface area contributed by atoms with Crippen molar-refractivity contribution in [1.82, 2.24) is 0 Å². The van der Waals surface area contributed by atoms with Crippen molar-refractivity contribution in [3.8, 4) is 0 Å². The second kappa shape index (κ2) is 2.00. The first kappa shape index (κ1) is 7.59. The molecule has 0 aromatic heterocycles. The number of fused-ring (bicyclic) bond motifs is 1. The minimum atomic E-state index is -0.173. The van der Waals surface area contributed by atoms with Crippen molar-refractivity contribution < 1.29 is 9.53 Å². The Morgan fingerprint density at radius 3 is 2.73 bits per heavy atom. The highest BCUT2D eigenvalue weighted by Gasteiger charge is 2.63. The van der Waals surface area contributed by atoms with E-state index in [4.69, 9.17) is 4.74 Å². The number of hydrogen-bond donors (Lipinski definition) is 0. The Bertz CT molecular complexity index is 216. The fourth-order valence-electron chi connectivity index (χ4n) is 2.13. The average Bonchev–Trinajstić information content (AvgIpc) is 2.12. The van der Waals surface area contributed by atoms with Gasteiger partial charge in [0.05, 0.1) is 4.83 Å². The summed E-state index contributed by atoms with van der Waals surface area (Å²) >= 11 is 3.55. The summed E-state index contributed by atoms with van der Waals surface area (Å²) in [5.41, 5.74) is -0.173. The molecule has 0 N–H and O–H groups in total. The van der Waals surface area contributed by atoms with Crippen molar-refractivity contribution in [2.24, 2.45) is 11.3 Å². The zero-order valence-corrected chi connectivity index (χ0v) is 8.22. The van der Waals surface area contributed by atoms with Crippen LogP contribution >= 0.6 is 15.9 Å². The molecule has 1 aliphatic carbocycles. The third-order valence-corrected chi connectivity index (χ3v) is 4.29. The van der Waals surface area contributed by atoms with E-state index in [-0.39, 0.29) is 17.5 Å². The van der Waals surface area contributed by atoms with Gasteiger partial charge in [-0.3, -0.25) is 4.79 Å². The number of alkyl halides is 1. The molecule has 0 aromatic carbocycles. The molecule has 0 aromatic rings. The molecule has 4 atom stereocenters. The van der Waals surface area contributed by atoms with Gasteiger partial charge in [-0.25, -0.2) is 0 Å². The van der Waals surface area contributed by atoms with Crippen LogP contribution in [0.1, 0.15) is 20.3 Å². The van der Waals surface area contributed by atoms with Gasteiger partial charge in [0.25, 0.3) is 0 Å². The van der Waals surface area contributed by atoms with Gasteiger partial charge < -0.3 is 4.74 Å². The minimum Gasteiger partial charge on any atom is -0.459 e. The molecular weight excluding hydrogens is 208 g/mol. The molecule has 62 valence electrons. The Morgan fingerprint density at radius 2 is 2.36 bits per heavy atom. The summed E-state index contributed by atoms with van der Waals surface area (Å²) < 4.78 is 5.06. The summed E-state index contributed by atoms with van der Waals surface area (Å²) in [7, 11) is 0. The number of hydrogen-bond acceptors (Lipinski definition) is 2. The number of halogens is 1. The van der Waals surface area contributed by atoms with Crippen LogP contribution in [0.15, 0.2) is 0 Å². The Labute approximate surface area is 74.4 Å². The van der Waals surface area contributed by atoms with Gasteiger partial charge in [-0.1, -0.05) is 22.9 Å². The van der Waals surface area contributed by atoms with E-state index in [0.29, 0.717) is 10.7 Å². The zero-order chi connectivity index (χ0) is 8.22. The van der Waals surface area contributed by atoms with Crippen LogP contribution in [0, 0.1) is 11.3 Å². The summed E-state index contributed by atoms with van der Waals surface area (Å²) in [5.74, 6) is 0.535. The second-order valence-electron chi connectivity index (χ2n) is 3.87. The number of carbonyl (C=O) groups is 1. The lowest BCUT2D eigenvalue weighted by molar-refractivity contribution is -0.196. The first-order chi connectivity index (χ1) is 5.05. The summed E-state index contributed by atoms with van der Waals surface area (Å²) in [6.07, 6.45) is 1.09. The summed E-state index contributed by atoms with van der Waals surface area (Å²) in [6.45, 7) is 4.15. The maximum Gasteiger partial charge on any atom is 0.315 e. The van der Waals surface area contributed by atoms with E-state index in [1.54, 1.807) is 0 Å². The van der Waals surface area contributed by atoms with Crippen LogP contribution < -0.4 is 0 Å². The minimum absolute atomic E-state index is 0.0173. The number of esters is 1. The van der Waals surface area contributed by atoms with Gasteiger partial charge in [0, 0.05) is 0 Å². The van der Waals surface area contributed by atoms with E-state index in [1.165, 1.54) is 0 Å². The third-order valence-electron chi connectivity index (χ3n) is 2.91. The maximum absolute atomic E-state index is 11.1. The smallest absolute Gasteiger partial charge is 0.315 e. The lowest BCUT2D eigenvalue weighted by Crippen LogP contribution is -2.53. The Morgan fingerprint density at radius 1 is 1.73 bits per heavy atom. The third kappa shape index (κ3) is 0.750. The Hall–Kier alpha value is -0.0500. The maximum atomic E-state index is 11.1. The average molecular weight is 219 g/mol. The highest BCUT2D eigenvalue weighted by molar-refractivity contribution is 9.09. The SMILES string of the molecule is C[C@@H]1C[C@@]2(C)C(=O)O[C@H]2[C@@H]1Br. The van der Waals surface area contributed by atoms with Crippen LogP contribution in [0.2, 0.25) is 0 Å². The molecule has 0 amide bonds. The normalized spacial score (nSPS) is 54.8. The molecule has 1 saturated heterocycles. The highest BCUT2D eigenvalue weighted by Crippen LogP contribution is 2.53. The predicted octanol–water partition coefficient (Wildman–Crippen LogP) is 1.72. The topological polar surface area (TPSA) is 26.3 Å². The summed E-state index contributed by atoms with van der Waals surface area (Å²) in [6, 6.07) is 0. The van der Waals surface area contributed by atoms with Crippen molar-refractivity contribution in [3.63, 3.8) is 0 Å². The van der Waals surface area contributed by atoms with Crippen molar-refractivity contribution in [2.75, 3.05) is 0 Å². The van der Waals surface area contributed by atoms with Crippen LogP contribution in [-0.2, 0) is 9.53 Å². The van der Waals surface area contributed by atoms with Crippen LogP contribution in [0.25, 0.3) is 0 Å². The first-order valence-electron chi connectivity index (χ1n) is 3.91. The molecule has 2 rings (SSSR count). The second-order valence-corrected chi connectivity index (χ2v) is 4.93. The van der Waals surface area contributed by atoms with Crippen molar-refractivity contribution in [1.29, 1.82) is 0 Å². The molecule has 0 radical (unpaired) electrons. The summed E-state index contributed by atoms with van der Waals surface area (Å²) in [4.78, 5) is 11.4. The van der Waals surface area contributed by atoms with Gasteiger partial charge in [-0.15, -0.1) is 0 Å². The van der Waals surface area contributed by atoms with Crippen LogP contribution in [0.3, 0.4) is 0 Å². The van der Waals surface area contributed by atoms with E-state index < -0.39 is 0 Å². The quantitative estimate of drug-likeness (QED) is 0.458.